The number of hydrogen-bond donors (Lipinski definition) is 1. The van der Waals surface area contributed by atoms with Crippen LogP contribution < -0.4 is 5.32 Å². The molecule has 0 saturated heterocycles. The fourth-order valence-corrected chi connectivity index (χ4v) is 3.24. The topological polar surface area (TPSA) is 63.6 Å². The molecule has 0 aliphatic carbocycles. The first-order valence-electron chi connectivity index (χ1n) is 8.50. The SMILES string of the molecule is Cc1cccc(C)c1-c1cc(C)c2nc(Nc3ccncc3)nnc2c1. The molecule has 0 aliphatic rings. The number of aromatic nitrogens is 4. The van der Waals surface area contributed by atoms with Crippen molar-refractivity contribution < 1.29 is 0 Å². The molecule has 0 aliphatic heterocycles. The number of nitrogens with zero attached hydrogens (tertiary/aromatic N) is 4. The third-order valence-electron chi connectivity index (χ3n) is 4.46. The number of hydrogen-bond acceptors (Lipinski definition) is 5. The van der Waals surface area contributed by atoms with E-state index in [0.29, 0.717) is 5.95 Å². The van der Waals surface area contributed by atoms with E-state index in [-0.39, 0.29) is 0 Å². The predicted molar refractivity (Wildman–Crippen MR) is 104 cm³/mol. The summed E-state index contributed by atoms with van der Waals surface area (Å²) in [6, 6.07) is 14.3. The largest absolute Gasteiger partial charge is 0.323 e. The summed E-state index contributed by atoms with van der Waals surface area (Å²) in [6.07, 6.45) is 3.44. The fourth-order valence-electron chi connectivity index (χ4n) is 3.24. The normalized spacial score (nSPS) is 10.9. The summed E-state index contributed by atoms with van der Waals surface area (Å²) in [5.74, 6) is 0.478. The molecule has 4 aromatic rings. The van der Waals surface area contributed by atoms with E-state index in [4.69, 9.17) is 0 Å². The van der Waals surface area contributed by atoms with Gasteiger partial charge < -0.3 is 5.32 Å². The molecule has 0 spiro atoms. The molecule has 4 rings (SSSR count). The van der Waals surface area contributed by atoms with Gasteiger partial charge in [-0.1, -0.05) is 18.2 Å². The Labute approximate surface area is 152 Å². The molecule has 0 bridgehead atoms. The molecule has 2 aromatic heterocycles. The van der Waals surface area contributed by atoms with E-state index in [1.165, 1.54) is 16.7 Å². The van der Waals surface area contributed by atoms with Crippen molar-refractivity contribution in [1.29, 1.82) is 0 Å². The molecular weight excluding hydrogens is 322 g/mol. The maximum Gasteiger partial charge on any atom is 0.247 e. The van der Waals surface area contributed by atoms with Crippen molar-refractivity contribution in [3.8, 4) is 11.1 Å². The minimum absolute atomic E-state index is 0.478. The average Bonchev–Trinajstić information content (AvgIpc) is 2.63. The van der Waals surface area contributed by atoms with Crippen LogP contribution in [0.25, 0.3) is 22.2 Å². The molecular formula is C21H19N5. The van der Waals surface area contributed by atoms with Gasteiger partial charge in [-0.25, -0.2) is 4.98 Å². The molecule has 0 fully saturated rings. The van der Waals surface area contributed by atoms with Crippen LogP contribution in [0.3, 0.4) is 0 Å². The van der Waals surface area contributed by atoms with Gasteiger partial charge in [0.2, 0.25) is 5.95 Å². The predicted octanol–water partition coefficient (Wildman–Crippen LogP) is 4.76. The third-order valence-corrected chi connectivity index (χ3v) is 4.46. The first-order chi connectivity index (χ1) is 12.6. The Hall–Kier alpha value is -3.34. The van der Waals surface area contributed by atoms with Gasteiger partial charge in [-0.05, 0) is 72.9 Å². The van der Waals surface area contributed by atoms with Gasteiger partial charge >= 0.3 is 0 Å². The summed E-state index contributed by atoms with van der Waals surface area (Å²) in [5.41, 5.74) is 8.50. The van der Waals surface area contributed by atoms with E-state index in [2.05, 4.69) is 76.6 Å². The molecule has 0 radical (unpaired) electrons. The van der Waals surface area contributed by atoms with Crippen molar-refractivity contribution in [2.24, 2.45) is 0 Å². The second kappa shape index (κ2) is 6.52. The van der Waals surface area contributed by atoms with Crippen LogP contribution in [0.1, 0.15) is 16.7 Å². The molecule has 2 aromatic carbocycles. The van der Waals surface area contributed by atoms with Gasteiger partial charge in [-0.15, -0.1) is 10.2 Å². The zero-order valence-corrected chi connectivity index (χ0v) is 15.0. The lowest BCUT2D eigenvalue weighted by atomic mass is 9.94. The third kappa shape index (κ3) is 2.99. The monoisotopic (exact) mass is 341 g/mol. The van der Waals surface area contributed by atoms with E-state index in [1.807, 2.05) is 12.1 Å². The van der Waals surface area contributed by atoms with Gasteiger partial charge in [0, 0.05) is 18.1 Å². The van der Waals surface area contributed by atoms with Crippen LogP contribution in [0.2, 0.25) is 0 Å². The van der Waals surface area contributed by atoms with E-state index in [9.17, 15) is 0 Å². The number of rotatable bonds is 3. The van der Waals surface area contributed by atoms with Crippen molar-refractivity contribution in [2.75, 3.05) is 5.32 Å². The summed E-state index contributed by atoms with van der Waals surface area (Å²) < 4.78 is 0. The molecule has 5 heteroatoms. The standard InChI is InChI=1S/C21H19N5/c1-13-5-4-6-14(2)19(13)16-11-15(3)20-18(12-16)25-26-21(24-20)23-17-7-9-22-10-8-17/h4-12H,1-3H3,(H,22,23,24,26). The molecule has 0 amide bonds. The molecule has 2 heterocycles. The van der Waals surface area contributed by atoms with E-state index < -0.39 is 0 Å². The van der Waals surface area contributed by atoms with Crippen molar-refractivity contribution in [3.05, 3.63) is 71.5 Å². The summed E-state index contributed by atoms with van der Waals surface area (Å²) in [6.45, 7) is 6.32. The Bertz CT molecular complexity index is 1070. The highest BCUT2D eigenvalue weighted by molar-refractivity contribution is 5.86. The number of benzene rings is 2. The second-order valence-electron chi connectivity index (χ2n) is 6.42. The Morgan fingerprint density at radius 3 is 2.27 bits per heavy atom. The van der Waals surface area contributed by atoms with Gasteiger partial charge in [0.25, 0.3) is 0 Å². The summed E-state index contributed by atoms with van der Waals surface area (Å²) >= 11 is 0. The maximum atomic E-state index is 4.64. The van der Waals surface area contributed by atoms with Crippen molar-refractivity contribution in [1.82, 2.24) is 20.2 Å². The van der Waals surface area contributed by atoms with Crippen LogP contribution >= 0.6 is 0 Å². The lowest BCUT2D eigenvalue weighted by molar-refractivity contribution is 1.03. The minimum atomic E-state index is 0.478. The number of anilines is 2. The van der Waals surface area contributed by atoms with Gasteiger partial charge in [-0.2, -0.15) is 0 Å². The smallest absolute Gasteiger partial charge is 0.247 e. The molecule has 0 unspecified atom stereocenters. The van der Waals surface area contributed by atoms with E-state index in [0.717, 1.165) is 27.8 Å². The number of nitrogens with one attached hydrogen (secondary N) is 1. The van der Waals surface area contributed by atoms with Crippen molar-refractivity contribution in [3.63, 3.8) is 0 Å². The summed E-state index contributed by atoms with van der Waals surface area (Å²) in [5, 5.41) is 11.8. The Kier molecular flexibility index (Phi) is 4.05. The van der Waals surface area contributed by atoms with Crippen LogP contribution in [0.4, 0.5) is 11.6 Å². The molecule has 0 saturated carbocycles. The Balaban J connectivity index is 1.78. The lowest BCUT2D eigenvalue weighted by Gasteiger charge is -2.12. The maximum absolute atomic E-state index is 4.64. The number of pyridine rings is 1. The number of aryl methyl sites for hydroxylation is 3. The van der Waals surface area contributed by atoms with Crippen molar-refractivity contribution >= 4 is 22.7 Å². The number of fused-ring (bicyclic) bond motifs is 1. The van der Waals surface area contributed by atoms with Crippen LogP contribution in [0.15, 0.2) is 54.9 Å². The van der Waals surface area contributed by atoms with Crippen LogP contribution in [0.5, 0.6) is 0 Å². The lowest BCUT2D eigenvalue weighted by Crippen LogP contribution is -2.01. The highest BCUT2D eigenvalue weighted by Crippen LogP contribution is 2.30. The van der Waals surface area contributed by atoms with Gasteiger partial charge in [0.1, 0.15) is 5.52 Å². The van der Waals surface area contributed by atoms with Crippen LogP contribution in [-0.2, 0) is 0 Å². The van der Waals surface area contributed by atoms with Gasteiger partial charge in [0.05, 0.1) is 5.52 Å². The zero-order chi connectivity index (χ0) is 18.1. The highest BCUT2D eigenvalue weighted by Gasteiger charge is 2.11. The first kappa shape index (κ1) is 16.1. The van der Waals surface area contributed by atoms with E-state index in [1.54, 1.807) is 12.4 Å². The average molecular weight is 341 g/mol. The summed E-state index contributed by atoms with van der Waals surface area (Å²) in [7, 11) is 0. The molecule has 1 N–H and O–H groups in total. The van der Waals surface area contributed by atoms with Gasteiger partial charge in [0.15, 0.2) is 0 Å². The quantitative estimate of drug-likeness (QED) is 0.582. The molecule has 128 valence electrons. The second-order valence-corrected chi connectivity index (χ2v) is 6.42. The zero-order valence-electron chi connectivity index (χ0n) is 15.0. The molecule has 5 nitrogen and oxygen atoms in total. The van der Waals surface area contributed by atoms with Crippen molar-refractivity contribution in [2.45, 2.75) is 20.8 Å². The Morgan fingerprint density at radius 1 is 0.808 bits per heavy atom. The highest BCUT2D eigenvalue weighted by atomic mass is 15.2. The molecule has 26 heavy (non-hydrogen) atoms. The van der Waals surface area contributed by atoms with Crippen LogP contribution in [0, 0.1) is 20.8 Å². The summed E-state index contributed by atoms with van der Waals surface area (Å²) in [4.78, 5) is 8.65. The fraction of sp³-hybridized carbons (Fsp3) is 0.143. The molecule has 0 atom stereocenters. The Morgan fingerprint density at radius 2 is 1.54 bits per heavy atom. The van der Waals surface area contributed by atoms with Gasteiger partial charge in [-0.3, -0.25) is 4.98 Å². The first-order valence-corrected chi connectivity index (χ1v) is 8.50. The van der Waals surface area contributed by atoms with E-state index >= 15 is 0 Å². The van der Waals surface area contributed by atoms with Crippen LogP contribution in [-0.4, -0.2) is 20.2 Å². The minimum Gasteiger partial charge on any atom is -0.323 e.